The second kappa shape index (κ2) is 32.1. The zero-order valence-corrected chi connectivity index (χ0v) is 79.3. The van der Waals surface area contributed by atoms with E-state index in [1.165, 1.54) is 130 Å². The van der Waals surface area contributed by atoms with Crippen LogP contribution < -0.4 is 72.6 Å². The van der Waals surface area contributed by atoms with Crippen LogP contribution in [-0.4, -0.2) is 22.9 Å². The first-order valence-electron chi connectivity index (χ1n) is 46.2. The molecule has 0 N–H and O–H groups in total. The molecule has 0 aromatic heterocycles. The Morgan fingerprint density at radius 2 is 0.581 bits per heavy atom. The van der Waals surface area contributed by atoms with Crippen molar-refractivity contribution in [2.24, 2.45) is 0 Å². The van der Waals surface area contributed by atoms with Crippen molar-refractivity contribution >= 4 is 132 Å². The first kappa shape index (κ1) is 83.8. The molecule has 23 rings (SSSR count). The van der Waals surface area contributed by atoms with E-state index in [0.717, 1.165) is 51.2 Å². The molecule has 1 unspecified atom stereocenters. The topological polar surface area (TPSA) is 9.72 Å². The lowest BCUT2D eigenvalue weighted by Gasteiger charge is -2.46. The SMILES string of the molecule is CC(C)(C)c1cc(-c2ccc(N3c4ccc(-c5cc(C(C)(C)C)cc(C(C)(C)C)c5)cc4B4c5cc([Si](c6ccccc6)(c6ccccc6)c6ccccc6)ccc5N5c6ccc(cc6)[Si](c6ccccc6)(c6ccccc6)c6cccc(c6)C(C)(c6ccccc6)c6ccc(cc6)N(c6ccc(C(C)(C)c7ccccc7)cc6)c6cc3c4c5c6)cc2)cc(C(C)(C)C)c1. The third-order valence-electron chi connectivity index (χ3n) is 28.7. The maximum Gasteiger partial charge on any atom is 0.252 e. The van der Waals surface area contributed by atoms with Crippen LogP contribution in [0.2, 0.25) is 0 Å². The Morgan fingerprint density at radius 1 is 0.233 bits per heavy atom. The van der Waals surface area contributed by atoms with Gasteiger partial charge >= 0.3 is 0 Å². The van der Waals surface area contributed by atoms with E-state index in [1.807, 2.05) is 0 Å². The van der Waals surface area contributed by atoms with Gasteiger partial charge < -0.3 is 14.7 Å². The summed E-state index contributed by atoms with van der Waals surface area (Å²) >= 11 is 0. The summed E-state index contributed by atoms with van der Waals surface area (Å²) in [6, 6.07) is 164. The molecule has 6 aliphatic heterocycles. The van der Waals surface area contributed by atoms with Crippen molar-refractivity contribution in [1.29, 1.82) is 0 Å². The summed E-state index contributed by atoms with van der Waals surface area (Å²) in [5, 5.41) is 10.6. The van der Waals surface area contributed by atoms with E-state index in [-0.39, 0.29) is 33.8 Å². The van der Waals surface area contributed by atoms with Crippen molar-refractivity contribution < 1.29 is 0 Å². The lowest BCUT2D eigenvalue weighted by atomic mass is 9.33. The largest absolute Gasteiger partial charge is 0.311 e. The third-order valence-corrected chi connectivity index (χ3v) is 38.3. The first-order chi connectivity index (χ1) is 62.1. The van der Waals surface area contributed by atoms with Gasteiger partial charge in [-0.15, -0.1) is 0 Å². The fourth-order valence-corrected chi connectivity index (χ4v) is 30.8. The molecule has 0 aliphatic carbocycles. The van der Waals surface area contributed by atoms with E-state index in [2.05, 4.69) is 537 Å². The highest BCUT2D eigenvalue weighted by molar-refractivity contribution is 7.20. The molecule has 129 heavy (non-hydrogen) atoms. The number of nitrogens with zero attached hydrogens (tertiary/aromatic N) is 3. The van der Waals surface area contributed by atoms with Gasteiger partial charge in [-0.25, -0.2) is 0 Å². The Hall–Kier alpha value is -13.4. The van der Waals surface area contributed by atoms with Crippen LogP contribution in [0.5, 0.6) is 0 Å². The molecule has 0 saturated heterocycles. The van der Waals surface area contributed by atoms with E-state index in [1.54, 1.807) is 0 Å². The molecule has 0 spiro atoms. The van der Waals surface area contributed by atoms with Gasteiger partial charge in [0.25, 0.3) is 6.71 Å². The van der Waals surface area contributed by atoms with Crippen LogP contribution in [0.15, 0.2) is 419 Å². The highest BCUT2D eigenvalue weighted by atomic mass is 28.3. The summed E-state index contributed by atoms with van der Waals surface area (Å²) in [4.78, 5) is 7.90. The van der Waals surface area contributed by atoms with Gasteiger partial charge in [-0.3, -0.25) is 0 Å². The van der Waals surface area contributed by atoms with Gasteiger partial charge in [-0.1, -0.05) is 443 Å². The maximum absolute atomic E-state index is 3.28. The van der Waals surface area contributed by atoms with Gasteiger partial charge in [0.2, 0.25) is 0 Å². The standard InChI is InChI=1S/C123H114BN3Si2/c1-118(2,3)94-74-87(75-95(79-94)119(4,5)6)85-54-61-100(62-55-85)126-113-72-56-86(88-76-96(120(7,8)9)80-97(77-88)121(10,11)12)78-111(113)124-112-84-110(128(103-43-27-18-28-44-103,104-45-29-19-30-46-104)105-47-31-20-32-48-105)71-73-114(112)127-101-67-69-108(70-68-101)129(106-49-33-21-34-50-106,107-51-35-22-36-52-107)109-53-37-42-93(81-109)123(15,91-40-25-17-26-41-91)92-59-65-99(66-60-92)125(102-82-115(126)117(124)116(127)83-102)98-63-57-90(58-64-98)122(13,14)89-38-23-16-24-39-89/h16-84H,1-15H3. The summed E-state index contributed by atoms with van der Waals surface area (Å²) in [7, 11) is -6.52. The van der Waals surface area contributed by atoms with E-state index in [4.69, 9.17) is 0 Å². The molecule has 0 saturated carbocycles. The zero-order chi connectivity index (χ0) is 89.2. The van der Waals surface area contributed by atoms with Crippen molar-refractivity contribution in [3.63, 3.8) is 0 Å². The van der Waals surface area contributed by atoms with Crippen molar-refractivity contribution in [2.45, 2.75) is 136 Å². The normalized spacial score (nSPS) is 14.8. The van der Waals surface area contributed by atoms with Crippen LogP contribution in [0.4, 0.5) is 51.2 Å². The highest BCUT2D eigenvalue weighted by Crippen LogP contribution is 2.51. The van der Waals surface area contributed by atoms with Crippen LogP contribution in [0.25, 0.3) is 22.3 Å². The molecule has 0 fully saturated rings. The Bertz CT molecular complexity index is 6810. The lowest BCUT2D eigenvalue weighted by Crippen LogP contribution is -2.75. The molecule has 6 heteroatoms. The molecule has 0 amide bonds. The van der Waals surface area contributed by atoms with Gasteiger partial charge in [0, 0.05) is 56.3 Å². The quantitative estimate of drug-likeness (QED) is 0.0841. The van der Waals surface area contributed by atoms with Crippen molar-refractivity contribution in [3.8, 4) is 22.3 Å². The second-order valence-corrected chi connectivity index (χ2v) is 48.7. The monoisotopic (exact) mass is 1700 g/mol. The van der Waals surface area contributed by atoms with Crippen LogP contribution in [0, 0.1) is 0 Å². The molecular formula is C123H114BN3Si2. The summed E-state index contributed by atoms with van der Waals surface area (Å²) in [6.07, 6.45) is 0. The summed E-state index contributed by atoms with van der Waals surface area (Å²) < 4.78 is 0. The third kappa shape index (κ3) is 14.5. The van der Waals surface area contributed by atoms with E-state index in [0.29, 0.717) is 0 Å². The molecule has 6 heterocycles. The molecule has 1 atom stereocenters. The lowest BCUT2D eigenvalue weighted by molar-refractivity contribution is 0.568. The minimum atomic E-state index is -3.28. The van der Waals surface area contributed by atoms with E-state index < -0.39 is 21.6 Å². The van der Waals surface area contributed by atoms with Crippen molar-refractivity contribution in [2.75, 3.05) is 14.7 Å². The minimum absolute atomic E-state index is 0.0739. The summed E-state index contributed by atoms with van der Waals surface area (Å²) in [5.74, 6) is 0. The molecule has 3 nitrogen and oxygen atoms in total. The zero-order valence-electron chi connectivity index (χ0n) is 77.3. The minimum Gasteiger partial charge on any atom is -0.311 e. The predicted octanol–water partition coefficient (Wildman–Crippen LogP) is 24.5. The number of fused-ring (bicyclic) bond motifs is 4. The summed E-state index contributed by atoms with van der Waals surface area (Å²) in [5.41, 5.74) is 28.4. The van der Waals surface area contributed by atoms with E-state index >= 15 is 0 Å². The van der Waals surface area contributed by atoms with Crippen LogP contribution in [-0.2, 0) is 32.5 Å². The fourth-order valence-electron chi connectivity index (χ4n) is 21.3. The van der Waals surface area contributed by atoms with Crippen LogP contribution in [0.1, 0.15) is 154 Å². The van der Waals surface area contributed by atoms with Gasteiger partial charge in [-0.2, -0.15) is 0 Å². The Morgan fingerprint density at radius 3 is 1.05 bits per heavy atom. The molecule has 17 aromatic carbocycles. The number of hydrogen-bond acceptors (Lipinski definition) is 3. The van der Waals surface area contributed by atoms with Gasteiger partial charge in [0.15, 0.2) is 16.1 Å². The average molecular weight is 1700 g/mol. The number of benzene rings is 17. The van der Waals surface area contributed by atoms with Gasteiger partial charge in [-0.05, 0) is 232 Å². The van der Waals surface area contributed by atoms with Crippen LogP contribution >= 0.6 is 0 Å². The smallest absolute Gasteiger partial charge is 0.252 e. The predicted molar refractivity (Wildman–Crippen MR) is 559 cm³/mol. The van der Waals surface area contributed by atoms with E-state index in [9.17, 15) is 0 Å². The van der Waals surface area contributed by atoms with Crippen molar-refractivity contribution in [1.82, 2.24) is 0 Å². The average Bonchev–Trinajstić information content (AvgIpc) is 0.685. The molecule has 17 aromatic rings. The molecule has 632 valence electrons. The fraction of sp³-hybridized carbons (Fsp3) is 0.171. The molecule has 8 bridgehead atoms. The number of rotatable bonds is 13. The second-order valence-electron chi connectivity index (χ2n) is 41.1. The first-order valence-corrected chi connectivity index (χ1v) is 50.2. The van der Waals surface area contributed by atoms with Gasteiger partial charge in [0.05, 0.1) is 5.69 Å². The van der Waals surface area contributed by atoms with Gasteiger partial charge in [0.1, 0.15) is 0 Å². The number of hydrogen-bond donors (Lipinski definition) is 0. The molecule has 6 aliphatic rings. The Labute approximate surface area is 768 Å². The highest BCUT2D eigenvalue weighted by Gasteiger charge is 2.50. The Kier molecular flexibility index (Phi) is 20.9. The molecular weight excluding hydrogens is 1590 g/mol. The van der Waals surface area contributed by atoms with Crippen LogP contribution in [0.3, 0.4) is 0 Å². The maximum atomic E-state index is 2.71. The Balaban J connectivity index is 0.941. The van der Waals surface area contributed by atoms with Crippen molar-refractivity contribution in [3.05, 3.63) is 469 Å². The number of anilines is 9. The molecule has 0 radical (unpaired) electrons. The summed E-state index contributed by atoms with van der Waals surface area (Å²) in [6.45, 7) is 35.1.